The van der Waals surface area contributed by atoms with Crippen LogP contribution in [-0.2, 0) is 6.54 Å². The molecule has 2 heterocycles. The Morgan fingerprint density at radius 2 is 1.96 bits per heavy atom. The van der Waals surface area contributed by atoms with Crippen molar-refractivity contribution in [2.24, 2.45) is 0 Å². The maximum absolute atomic E-state index is 12.6. The van der Waals surface area contributed by atoms with E-state index in [0.29, 0.717) is 23.8 Å². The van der Waals surface area contributed by atoms with Crippen LogP contribution in [0.15, 0.2) is 42.0 Å². The molecule has 26 heavy (non-hydrogen) atoms. The van der Waals surface area contributed by atoms with E-state index in [1.807, 2.05) is 17.5 Å². The van der Waals surface area contributed by atoms with E-state index in [-0.39, 0.29) is 5.91 Å². The van der Waals surface area contributed by atoms with Crippen LogP contribution in [0.25, 0.3) is 11.3 Å². The molecule has 134 valence electrons. The van der Waals surface area contributed by atoms with Gasteiger partial charge in [0.1, 0.15) is 12.1 Å². The maximum atomic E-state index is 12.6. The first-order valence-electron chi connectivity index (χ1n) is 8.31. The summed E-state index contributed by atoms with van der Waals surface area (Å²) in [5, 5.41) is 3.11. The number of benzene rings is 1. The van der Waals surface area contributed by atoms with Crippen LogP contribution < -0.4 is 5.73 Å². The molecule has 2 N–H and O–H groups in total. The fraction of sp³-hybridized carbons (Fsp3) is 0.263. The average Bonchev–Trinajstić information content (AvgIpc) is 3.10. The zero-order valence-electron chi connectivity index (χ0n) is 15.0. The van der Waals surface area contributed by atoms with Crippen LogP contribution in [0.1, 0.15) is 40.8 Å². The number of rotatable bonds is 5. The summed E-state index contributed by atoms with van der Waals surface area (Å²) in [4.78, 5) is 27.0. The predicted octanol–water partition coefficient (Wildman–Crippen LogP) is 3.58. The molecule has 3 rings (SSSR count). The monoisotopic (exact) mass is 367 g/mol. The number of hydrogen-bond donors (Lipinski definition) is 1. The lowest BCUT2D eigenvalue weighted by molar-refractivity contribution is 0.0783. The molecular weight excluding hydrogens is 346 g/mol. The Morgan fingerprint density at radius 3 is 2.58 bits per heavy atom. The topological polar surface area (TPSA) is 85.0 Å². The molecule has 0 fully saturated rings. The molecule has 0 atom stereocenters. The van der Waals surface area contributed by atoms with Crippen molar-refractivity contribution in [3.8, 4) is 11.3 Å². The summed E-state index contributed by atoms with van der Waals surface area (Å²) in [7, 11) is 1.79. The summed E-state index contributed by atoms with van der Waals surface area (Å²) in [6.45, 7) is 4.72. The van der Waals surface area contributed by atoms with E-state index in [1.54, 1.807) is 41.5 Å². The minimum absolute atomic E-state index is 0.0437. The lowest BCUT2D eigenvalue weighted by Crippen LogP contribution is -2.26. The summed E-state index contributed by atoms with van der Waals surface area (Å²) in [6, 6.07) is 9.03. The molecule has 0 unspecified atom stereocenters. The minimum atomic E-state index is -0.0437. The number of nitrogens with two attached hydrogens (primary N) is 1. The number of thiazole rings is 1. The van der Waals surface area contributed by atoms with Gasteiger partial charge in [0.2, 0.25) is 0 Å². The molecule has 7 heteroatoms. The molecule has 0 aliphatic rings. The highest BCUT2D eigenvalue weighted by Gasteiger charge is 2.14. The number of aromatic nitrogens is 3. The van der Waals surface area contributed by atoms with E-state index >= 15 is 0 Å². The number of anilines is 1. The van der Waals surface area contributed by atoms with Gasteiger partial charge in [-0.15, -0.1) is 11.3 Å². The fourth-order valence-electron chi connectivity index (χ4n) is 2.51. The van der Waals surface area contributed by atoms with Gasteiger partial charge in [-0.25, -0.2) is 15.0 Å². The first kappa shape index (κ1) is 18.0. The average molecular weight is 367 g/mol. The van der Waals surface area contributed by atoms with Gasteiger partial charge >= 0.3 is 0 Å². The number of hydrogen-bond acceptors (Lipinski definition) is 6. The highest BCUT2D eigenvalue weighted by Crippen LogP contribution is 2.21. The van der Waals surface area contributed by atoms with Gasteiger partial charge in [-0.1, -0.05) is 26.0 Å². The molecular formula is C19H21N5OS. The Hall–Kier alpha value is -2.80. The third kappa shape index (κ3) is 4.05. The SMILES string of the molecule is CC(C)c1nc(CN(C)C(=O)c2ccc(-c3cc(N)ncn3)cc2)cs1. The molecule has 6 nitrogen and oxygen atoms in total. The van der Waals surface area contributed by atoms with Crippen molar-refractivity contribution in [3.63, 3.8) is 0 Å². The molecule has 0 saturated heterocycles. The number of carbonyl (C=O) groups excluding carboxylic acids is 1. The van der Waals surface area contributed by atoms with Crippen molar-refractivity contribution in [2.45, 2.75) is 26.3 Å². The standard InChI is InChI=1S/C19H21N5OS/c1-12(2)18-23-15(10-26-18)9-24(3)19(25)14-6-4-13(5-7-14)16-8-17(20)22-11-21-16/h4-8,10-12H,9H2,1-3H3,(H2,20,21,22). The van der Waals surface area contributed by atoms with E-state index in [2.05, 4.69) is 28.8 Å². The van der Waals surface area contributed by atoms with E-state index in [9.17, 15) is 4.79 Å². The number of nitrogens with zero attached hydrogens (tertiary/aromatic N) is 4. The molecule has 2 aromatic heterocycles. The second-order valence-corrected chi connectivity index (χ2v) is 7.29. The van der Waals surface area contributed by atoms with Crippen molar-refractivity contribution < 1.29 is 4.79 Å². The lowest BCUT2D eigenvalue weighted by Gasteiger charge is -2.16. The normalized spacial score (nSPS) is 10.9. The van der Waals surface area contributed by atoms with Crippen molar-refractivity contribution in [2.75, 3.05) is 12.8 Å². The molecule has 3 aromatic rings. The van der Waals surface area contributed by atoms with Crippen molar-refractivity contribution >= 4 is 23.1 Å². The molecule has 1 amide bonds. The molecule has 0 radical (unpaired) electrons. The minimum Gasteiger partial charge on any atom is -0.384 e. The van der Waals surface area contributed by atoms with E-state index in [0.717, 1.165) is 22.0 Å². The van der Waals surface area contributed by atoms with Gasteiger partial charge in [-0.05, 0) is 12.1 Å². The molecule has 1 aromatic carbocycles. The van der Waals surface area contributed by atoms with Crippen molar-refractivity contribution in [1.82, 2.24) is 19.9 Å². The van der Waals surface area contributed by atoms with Crippen molar-refractivity contribution in [1.29, 1.82) is 0 Å². The summed E-state index contributed by atoms with van der Waals surface area (Å²) in [5.74, 6) is 0.773. The van der Waals surface area contributed by atoms with Crippen LogP contribution >= 0.6 is 11.3 Å². The maximum Gasteiger partial charge on any atom is 0.253 e. The number of nitrogen functional groups attached to an aromatic ring is 1. The lowest BCUT2D eigenvalue weighted by atomic mass is 10.1. The predicted molar refractivity (Wildman–Crippen MR) is 104 cm³/mol. The molecule has 0 spiro atoms. The van der Waals surface area contributed by atoms with Gasteiger partial charge in [-0.3, -0.25) is 4.79 Å². The largest absolute Gasteiger partial charge is 0.384 e. The van der Waals surface area contributed by atoms with Crippen LogP contribution in [-0.4, -0.2) is 32.8 Å². The molecule has 0 saturated carbocycles. The highest BCUT2D eigenvalue weighted by molar-refractivity contribution is 7.09. The van der Waals surface area contributed by atoms with E-state index < -0.39 is 0 Å². The van der Waals surface area contributed by atoms with E-state index in [1.165, 1.54) is 6.33 Å². The van der Waals surface area contributed by atoms with Crippen LogP contribution in [0, 0.1) is 0 Å². The first-order chi connectivity index (χ1) is 12.4. The van der Waals surface area contributed by atoms with E-state index in [4.69, 9.17) is 5.73 Å². The summed E-state index contributed by atoms with van der Waals surface area (Å²) >= 11 is 1.64. The van der Waals surface area contributed by atoms with Gasteiger partial charge in [0.15, 0.2) is 0 Å². The van der Waals surface area contributed by atoms with Crippen LogP contribution in [0.3, 0.4) is 0 Å². The summed E-state index contributed by atoms with van der Waals surface area (Å²) in [6.07, 6.45) is 1.43. The summed E-state index contributed by atoms with van der Waals surface area (Å²) < 4.78 is 0. The third-order valence-corrected chi connectivity index (χ3v) is 5.12. The van der Waals surface area contributed by atoms with Crippen LogP contribution in [0.2, 0.25) is 0 Å². The Labute approximate surface area is 156 Å². The van der Waals surface area contributed by atoms with Gasteiger partial charge in [0, 0.05) is 35.5 Å². The Balaban J connectivity index is 1.70. The first-order valence-corrected chi connectivity index (χ1v) is 9.19. The zero-order valence-corrected chi connectivity index (χ0v) is 15.8. The van der Waals surface area contributed by atoms with Crippen LogP contribution in [0.4, 0.5) is 5.82 Å². The summed E-state index contributed by atoms with van der Waals surface area (Å²) in [5.41, 5.74) is 8.85. The third-order valence-electron chi connectivity index (χ3n) is 3.93. The number of amides is 1. The second kappa shape index (κ2) is 7.61. The Kier molecular flexibility index (Phi) is 5.27. The van der Waals surface area contributed by atoms with Crippen molar-refractivity contribution in [3.05, 3.63) is 58.3 Å². The Bertz CT molecular complexity index is 904. The zero-order chi connectivity index (χ0) is 18.7. The highest BCUT2D eigenvalue weighted by atomic mass is 32.1. The smallest absolute Gasteiger partial charge is 0.253 e. The second-order valence-electron chi connectivity index (χ2n) is 6.40. The van der Waals surface area contributed by atoms with Gasteiger partial charge in [0.25, 0.3) is 5.91 Å². The Morgan fingerprint density at radius 1 is 1.23 bits per heavy atom. The quantitative estimate of drug-likeness (QED) is 0.745. The fourth-order valence-corrected chi connectivity index (χ4v) is 3.34. The van der Waals surface area contributed by atoms with Gasteiger partial charge < -0.3 is 10.6 Å². The molecule has 0 aliphatic carbocycles. The van der Waals surface area contributed by atoms with Gasteiger partial charge in [-0.2, -0.15) is 0 Å². The van der Waals surface area contributed by atoms with Crippen LogP contribution in [0.5, 0.6) is 0 Å². The molecule has 0 aliphatic heterocycles. The van der Waals surface area contributed by atoms with Gasteiger partial charge in [0.05, 0.1) is 22.9 Å². The number of carbonyl (C=O) groups is 1. The molecule has 0 bridgehead atoms.